The fourth-order valence-electron chi connectivity index (χ4n) is 1.35. The average Bonchev–Trinajstić information content (AvgIpc) is 2.53. The van der Waals surface area contributed by atoms with Crippen LogP contribution in [0.15, 0.2) is 0 Å². The maximum absolute atomic E-state index is 2.29. The summed E-state index contributed by atoms with van der Waals surface area (Å²) in [6.45, 7) is 4.58. The largest absolute Gasteiger partial charge is 0.0651 e. The van der Waals surface area contributed by atoms with Crippen molar-refractivity contribution in [1.82, 2.24) is 0 Å². The molecular formula is C8H15. The summed E-state index contributed by atoms with van der Waals surface area (Å²) in [6, 6.07) is 0. The van der Waals surface area contributed by atoms with Crippen molar-refractivity contribution in [2.24, 2.45) is 5.92 Å². The summed E-state index contributed by atoms with van der Waals surface area (Å²) in [6.07, 6.45) is 5.61. The van der Waals surface area contributed by atoms with Crippen LogP contribution in [0.2, 0.25) is 0 Å². The minimum absolute atomic E-state index is 0.981. The Hall–Kier alpha value is 0. The summed E-state index contributed by atoms with van der Waals surface area (Å²) in [7, 11) is 0. The summed E-state index contributed by atoms with van der Waals surface area (Å²) in [5, 5.41) is 0. The fourth-order valence-corrected chi connectivity index (χ4v) is 1.35. The van der Waals surface area contributed by atoms with E-state index in [1.54, 1.807) is 0 Å². The molecule has 1 aliphatic carbocycles. The van der Waals surface area contributed by atoms with Gasteiger partial charge in [-0.05, 0) is 24.7 Å². The lowest BCUT2D eigenvalue weighted by atomic mass is 9.98. The normalized spacial score (nSPS) is 19.9. The van der Waals surface area contributed by atoms with Gasteiger partial charge in [-0.25, -0.2) is 0 Å². The quantitative estimate of drug-likeness (QED) is 0.525. The van der Waals surface area contributed by atoms with Gasteiger partial charge in [0.2, 0.25) is 0 Å². The zero-order valence-electron chi connectivity index (χ0n) is 5.91. The molecule has 1 fully saturated rings. The van der Waals surface area contributed by atoms with E-state index in [1.165, 1.54) is 25.7 Å². The molecule has 0 aromatic carbocycles. The highest BCUT2D eigenvalue weighted by molar-refractivity contribution is 5.09. The average molecular weight is 111 g/mol. The van der Waals surface area contributed by atoms with E-state index in [9.17, 15) is 0 Å². The van der Waals surface area contributed by atoms with Crippen molar-refractivity contribution in [1.29, 1.82) is 0 Å². The van der Waals surface area contributed by atoms with Crippen molar-refractivity contribution in [3.05, 3.63) is 5.92 Å². The van der Waals surface area contributed by atoms with Crippen molar-refractivity contribution in [2.75, 3.05) is 0 Å². The Labute approximate surface area is 52.3 Å². The molecule has 1 saturated carbocycles. The Morgan fingerprint density at radius 3 is 1.88 bits per heavy atom. The molecule has 0 saturated heterocycles. The van der Waals surface area contributed by atoms with E-state index in [2.05, 4.69) is 13.8 Å². The van der Waals surface area contributed by atoms with Gasteiger partial charge in [0.25, 0.3) is 0 Å². The van der Waals surface area contributed by atoms with Gasteiger partial charge in [-0.1, -0.05) is 26.7 Å². The first-order valence-corrected chi connectivity index (χ1v) is 3.73. The predicted octanol–water partition coefficient (Wildman–Crippen LogP) is 2.79. The molecule has 0 N–H and O–H groups in total. The van der Waals surface area contributed by atoms with Crippen LogP contribution < -0.4 is 0 Å². The summed E-state index contributed by atoms with van der Waals surface area (Å²) in [5.41, 5.74) is 0. The zero-order valence-corrected chi connectivity index (χ0v) is 5.91. The van der Waals surface area contributed by atoms with Crippen LogP contribution in [0.25, 0.3) is 0 Å². The third kappa shape index (κ3) is 1.24. The van der Waals surface area contributed by atoms with Gasteiger partial charge in [0, 0.05) is 0 Å². The van der Waals surface area contributed by atoms with Crippen LogP contribution in [0, 0.1) is 11.8 Å². The predicted molar refractivity (Wildman–Crippen MR) is 36.5 cm³/mol. The van der Waals surface area contributed by atoms with E-state index < -0.39 is 0 Å². The molecule has 0 bridgehead atoms. The van der Waals surface area contributed by atoms with Gasteiger partial charge in [-0.3, -0.25) is 0 Å². The SMILES string of the molecule is CCC(CC)[C]1CC1. The molecule has 0 aromatic rings. The van der Waals surface area contributed by atoms with Gasteiger partial charge in [-0.2, -0.15) is 0 Å². The molecule has 0 amide bonds. The van der Waals surface area contributed by atoms with Crippen molar-refractivity contribution in [2.45, 2.75) is 39.5 Å². The highest BCUT2D eigenvalue weighted by Gasteiger charge is 2.28. The highest BCUT2D eigenvalue weighted by atomic mass is 14.3. The lowest BCUT2D eigenvalue weighted by Gasteiger charge is -2.07. The summed E-state index contributed by atoms with van der Waals surface area (Å²) >= 11 is 0. The van der Waals surface area contributed by atoms with Gasteiger partial charge in [-0.15, -0.1) is 0 Å². The van der Waals surface area contributed by atoms with Gasteiger partial charge >= 0.3 is 0 Å². The van der Waals surface area contributed by atoms with Gasteiger partial charge in [0.05, 0.1) is 0 Å². The Bertz CT molecular complexity index is 58.4. The number of hydrogen-bond donors (Lipinski definition) is 0. The maximum atomic E-state index is 2.29. The van der Waals surface area contributed by atoms with Crippen LogP contribution in [-0.4, -0.2) is 0 Å². The fraction of sp³-hybridized carbons (Fsp3) is 0.875. The number of rotatable bonds is 3. The molecule has 0 unspecified atom stereocenters. The van der Waals surface area contributed by atoms with E-state index in [0.29, 0.717) is 0 Å². The van der Waals surface area contributed by atoms with Crippen LogP contribution in [0.5, 0.6) is 0 Å². The molecule has 0 atom stereocenters. The van der Waals surface area contributed by atoms with Crippen LogP contribution in [-0.2, 0) is 0 Å². The molecule has 1 rings (SSSR count). The van der Waals surface area contributed by atoms with Crippen LogP contribution in [0.1, 0.15) is 39.5 Å². The second-order valence-corrected chi connectivity index (χ2v) is 2.67. The van der Waals surface area contributed by atoms with Gasteiger partial charge in [0.15, 0.2) is 0 Å². The topological polar surface area (TPSA) is 0 Å². The third-order valence-electron chi connectivity index (χ3n) is 2.10. The molecule has 8 heavy (non-hydrogen) atoms. The smallest absolute Gasteiger partial charge is 0.0210 e. The molecule has 0 nitrogen and oxygen atoms in total. The van der Waals surface area contributed by atoms with E-state index in [-0.39, 0.29) is 0 Å². The molecule has 1 aliphatic rings. The Morgan fingerprint density at radius 1 is 1.25 bits per heavy atom. The molecule has 0 aliphatic heterocycles. The summed E-state index contributed by atoms with van der Waals surface area (Å²) < 4.78 is 0. The lowest BCUT2D eigenvalue weighted by Crippen LogP contribution is -1.95. The Morgan fingerprint density at radius 2 is 1.75 bits per heavy atom. The minimum Gasteiger partial charge on any atom is -0.0651 e. The molecule has 0 spiro atoms. The highest BCUT2D eigenvalue weighted by Crippen LogP contribution is 2.42. The van der Waals surface area contributed by atoms with Crippen LogP contribution in [0.3, 0.4) is 0 Å². The first-order chi connectivity index (χ1) is 3.88. The van der Waals surface area contributed by atoms with Gasteiger partial charge < -0.3 is 0 Å². The second kappa shape index (κ2) is 2.52. The summed E-state index contributed by atoms with van der Waals surface area (Å²) in [5.74, 6) is 2.81. The molecular weight excluding hydrogens is 96.1 g/mol. The third-order valence-corrected chi connectivity index (χ3v) is 2.10. The van der Waals surface area contributed by atoms with Gasteiger partial charge in [0.1, 0.15) is 0 Å². The molecule has 1 radical (unpaired) electrons. The molecule has 0 heterocycles. The van der Waals surface area contributed by atoms with Crippen LogP contribution >= 0.6 is 0 Å². The zero-order chi connectivity index (χ0) is 5.98. The Kier molecular flexibility index (Phi) is 1.93. The summed E-state index contributed by atoms with van der Waals surface area (Å²) in [4.78, 5) is 0. The maximum Gasteiger partial charge on any atom is -0.0210 e. The van der Waals surface area contributed by atoms with Crippen LogP contribution in [0.4, 0.5) is 0 Å². The van der Waals surface area contributed by atoms with E-state index >= 15 is 0 Å². The first kappa shape index (κ1) is 6.12. The van der Waals surface area contributed by atoms with E-state index in [1.807, 2.05) is 5.92 Å². The van der Waals surface area contributed by atoms with Crippen molar-refractivity contribution >= 4 is 0 Å². The van der Waals surface area contributed by atoms with Crippen molar-refractivity contribution < 1.29 is 0 Å². The lowest BCUT2D eigenvalue weighted by molar-refractivity contribution is 0.551. The second-order valence-electron chi connectivity index (χ2n) is 2.67. The monoisotopic (exact) mass is 111 g/mol. The van der Waals surface area contributed by atoms with Crippen molar-refractivity contribution in [3.63, 3.8) is 0 Å². The molecule has 0 heteroatoms. The minimum atomic E-state index is 0.981. The van der Waals surface area contributed by atoms with E-state index in [4.69, 9.17) is 0 Å². The number of hydrogen-bond acceptors (Lipinski definition) is 0. The van der Waals surface area contributed by atoms with E-state index in [0.717, 1.165) is 5.92 Å². The van der Waals surface area contributed by atoms with Crippen molar-refractivity contribution in [3.8, 4) is 0 Å². The molecule has 0 aromatic heterocycles. The Balaban J connectivity index is 2.15. The standard InChI is InChI=1S/C8H15/c1-3-7(4-2)8-5-6-8/h7H,3-6H2,1-2H3. The first-order valence-electron chi connectivity index (χ1n) is 3.73. The molecule has 47 valence electrons.